The van der Waals surface area contributed by atoms with Gasteiger partial charge < -0.3 is 14.9 Å². The third-order valence-corrected chi connectivity index (χ3v) is 5.96. The van der Waals surface area contributed by atoms with Crippen molar-refractivity contribution in [2.45, 2.75) is 37.8 Å². The van der Waals surface area contributed by atoms with E-state index in [0.29, 0.717) is 12.1 Å². The minimum Gasteiger partial charge on any atom is -0.394 e. The van der Waals surface area contributed by atoms with Crippen LogP contribution >= 0.6 is 0 Å². The Balaban J connectivity index is 1.54. The van der Waals surface area contributed by atoms with Gasteiger partial charge in [0.1, 0.15) is 6.54 Å². The van der Waals surface area contributed by atoms with Gasteiger partial charge in [-0.2, -0.15) is 0 Å². The van der Waals surface area contributed by atoms with Crippen LogP contribution in [0.2, 0.25) is 0 Å². The Hall–Kier alpha value is -3.10. The largest absolute Gasteiger partial charge is 0.394 e. The lowest BCUT2D eigenvalue weighted by Crippen LogP contribution is -2.73. The van der Waals surface area contributed by atoms with Crippen LogP contribution in [0.5, 0.6) is 0 Å². The van der Waals surface area contributed by atoms with Crippen LogP contribution in [-0.2, 0) is 4.79 Å². The van der Waals surface area contributed by atoms with Gasteiger partial charge in [0.2, 0.25) is 5.91 Å². The van der Waals surface area contributed by atoms with E-state index < -0.39 is 0 Å². The van der Waals surface area contributed by atoms with Crippen molar-refractivity contribution in [1.29, 1.82) is 0 Å². The second-order valence-corrected chi connectivity index (χ2v) is 7.87. The Bertz CT molecular complexity index is 975. The number of unbranched alkanes of at least 4 members (excludes halogenated alkanes) is 1. The lowest BCUT2D eigenvalue weighted by Gasteiger charge is -2.58. The van der Waals surface area contributed by atoms with Gasteiger partial charge in [-0.3, -0.25) is 9.59 Å². The Morgan fingerprint density at radius 3 is 2.53 bits per heavy atom. The molecule has 5 nitrogen and oxygen atoms in total. The molecule has 0 saturated carbocycles. The molecule has 2 aliphatic rings. The normalized spacial score (nSPS) is 22.6. The average Bonchev–Trinajstić information content (AvgIpc) is 2.76. The number of fused-ring (bicyclic) bond motifs is 1. The van der Waals surface area contributed by atoms with Crippen LogP contribution in [0.15, 0.2) is 54.6 Å². The molecule has 0 aromatic heterocycles. The zero-order valence-electron chi connectivity index (χ0n) is 17.1. The molecule has 2 saturated heterocycles. The highest BCUT2D eigenvalue weighted by Gasteiger charge is 2.54. The highest BCUT2D eigenvalue weighted by Crippen LogP contribution is 2.43. The standard InChI is InChI=1S/C25H26N2O3/c1-2-3-5-8-18-11-13-19(14-12-18)24-21-15-26(16-23(29)27(21)22(24)17-28)25(30)20-9-6-4-7-10-20/h4,6-7,9-14,21-22,24,28H,2-3,15-17H2,1H3/t21-,22+,24+/m0/s1. The first-order valence-corrected chi connectivity index (χ1v) is 10.5. The van der Waals surface area contributed by atoms with Gasteiger partial charge in [0.15, 0.2) is 0 Å². The van der Waals surface area contributed by atoms with E-state index >= 15 is 0 Å². The quantitative estimate of drug-likeness (QED) is 0.800. The summed E-state index contributed by atoms with van der Waals surface area (Å²) in [6.45, 7) is 2.54. The number of carbonyl (C=O) groups is 2. The number of hydrogen-bond acceptors (Lipinski definition) is 3. The van der Waals surface area contributed by atoms with E-state index in [0.717, 1.165) is 24.0 Å². The molecular weight excluding hydrogens is 376 g/mol. The minimum absolute atomic E-state index is 0.00275. The van der Waals surface area contributed by atoms with E-state index in [1.54, 1.807) is 21.9 Å². The molecule has 2 aromatic carbocycles. The van der Waals surface area contributed by atoms with Gasteiger partial charge in [0, 0.05) is 30.0 Å². The number of amides is 2. The lowest BCUT2D eigenvalue weighted by atomic mass is 9.73. The fourth-order valence-electron chi connectivity index (χ4n) is 4.50. The van der Waals surface area contributed by atoms with E-state index in [9.17, 15) is 14.7 Å². The molecule has 0 unspecified atom stereocenters. The molecule has 2 amide bonds. The number of nitrogens with zero attached hydrogens (tertiary/aromatic N) is 2. The van der Waals surface area contributed by atoms with Crippen molar-refractivity contribution in [3.63, 3.8) is 0 Å². The molecule has 3 atom stereocenters. The van der Waals surface area contributed by atoms with Gasteiger partial charge in [-0.15, -0.1) is 0 Å². The molecule has 154 valence electrons. The summed E-state index contributed by atoms with van der Waals surface area (Å²) >= 11 is 0. The topological polar surface area (TPSA) is 60.9 Å². The molecule has 2 fully saturated rings. The third-order valence-electron chi connectivity index (χ3n) is 5.96. The summed E-state index contributed by atoms with van der Waals surface area (Å²) in [6.07, 6.45) is 1.91. The predicted octanol–water partition coefficient (Wildman–Crippen LogP) is 2.65. The number of hydrogen-bond donors (Lipinski definition) is 1. The average molecular weight is 402 g/mol. The molecule has 0 spiro atoms. The number of aliphatic hydroxyl groups is 1. The molecule has 30 heavy (non-hydrogen) atoms. The molecule has 2 aromatic rings. The summed E-state index contributed by atoms with van der Waals surface area (Å²) < 4.78 is 0. The first-order valence-electron chi connectivity index (χ1n) is 10.5. The van der Waals surface area contributed by atoms with Crippen LogP contribution in [-0.4, -0.2) is 58.5 Å². The number of carbonyl (C=O) groups excluding carboxylic acids is 2. The first-order chi connectivity index (χ1) is 14.6. The predicted molar refractivity (Wildman–Crippen MR) is 115 cm³/mol. The molecule has 5 heteroatoms. The SMILES string of the molecule is CCCC#Cc1ccc([C@H]2[C@@H](CO)N3C(=O)CN(C(=O)c4ccccc4)C[C@@H]23)cc1. The molecular formula is C25H26N2O3. The van der Waals surface area contributed by atoms with E-state index in [2.05, 4.69) is 18.8 Å². The van der Waals surface area contributed by atoms with Crippen molar-refractivity contribution in [1.82, 2.24) is 9.80 Å². The maximum atomic E-state index is 12.9. The molecule has 0 bridgehead atoms. The van der Waals surface area contributed by atoms with Crippen molar-refractivity contribution in [2.75, 3.05) is 19.7 Å². The first kappa shape index (κ1) is 20.2. The second kappa shape index (κ2) is 8.73. The summed E-state index contributed by atoms with van der Waals surface area (Å²) in [6, 6.07) is 16.7. The lowest BCUT2D eigenvalue weighted by molar-refractivity contribution is -0.159. The number of aliphatic hydroxyl groups excluding tert-OH is 1. The van der Waals surface area contributed by atoms with Gasteiger partial charge in [0.25, 0.3) is 5.91 Å². The van der Waals surface area contributed by atoms with Crippen molar-refractivity contribution in [2.24, 2.45) is 0 Å². The zero-order chi connectivity index (χ0) is 21.1. The highest BCUT2D eigenvalue weighted by molar-refractivity contribution is 5.97. The smallest absolute Gasteiger partial charge is 0.254 e. The molecule has 0 aliphatic carbocycles. The monoisotopic (exact) mass is 402 g/mol. The second-order valence-electron chi connectivity index (χ2n) is 7.87. The zero-order valence-corrected chi connectivity index (χ0v) is 17.1. The maximum absolute atomic E-state index is 12.9. The molecule has 0 radical (unpaired) electrons. The van der Waals surface area contributed by atoms with Crippen LogP contribution in [0.3, 0.4) is 0 Å². The summed E-state index contributed by atoms with van der Waals surface area (Å²) in [7, 11) is 0. The van der Waals surface area contributed by atoms with Crippen LogP contribution in [0.4, 0.5) is 0 Å². The highest BCUT2D eigenvalue weighted by atomic mass is 16.3. The molecule has 4 rings (SSSR count). The van der Waals surface area contributed by atoms with Crippen molar-refractivity contribution in [3.05, 3.63) is 71.3 Å². The molecule has 2 aliphatic heterocycles. The Labute approximate surface area is 177 Å². The van der Waals surface area contributed by atoms with Crippen molar-refractivity contribution in [3.8, 4) is 11.8 Å². The van der Waals surface area contributed by atoms with Crippen molar-refractivity contribution >= 4 is 11.8 Å². The van der Waals surface area contributed by atoms with Crippen LogP contribution in [0.1, 0.15) is 47.2 Å². The van der Waals surface area contributed by atoms with Gasteiger partial charge in [-0.05, 0) is 36.2 Å². The van der Waals surface area contributed by atoms with Gasteiger partial charge in [-0.1, -0.05) is 49.1 Å². The fraction of sp³-hybridized carbons (Fsp3) is 0.360. The van der Waals surface area contributed by atoms with E-state index in [1.165, 1.54) is 0 Å². The summed E-state index contributed by atoms with van der Waals surface area (Å²) in [5.74, 6) is 6.08. The van der Waals surface area contributed by atoms with Gasteiger partial charge >= 0.3 is 0 Å². The van der Waals surface area contributed by atoms with Crippen LogP contribution in [0.25, 0.3) is 0 Å². The third kappa shape index (κ3) is 3.71. The number of rotatable bonds is 4. The summed E-state index contributed by atoms with van der Waals surface area (Å²) in [4.78, 5) is 29.0. The molecule has 2 heterocycles. The van der Waals surface area contributed by atoms with Crippen LogP contribution in [0, 0.1) is 11.8 Å². The summed E-state index contributed by atoms with van der Waals surface area (Å²) in [5, 5.41) is 9.93. The van der Waals surface area contributed by atoms with Gasteiger partial charge in [0.05, 0.1) is 18.7 Å². The minimum atomic E-state index is -0.242. The van der Waals surface area contributed by atoms with E-state index in [4.69, 9.17) is 0 Å². The number of benzene rings is 2. The Morgan fingerprint density at radius 1 is 1.13 bits per heavy atom. The number of piperazine rings is 1. The molecule has 1 N–H and O–H groups in total. The van der Waals surface area contributed by atoms with E-state index in [1.807, 2.05) is 42.5 Å². The fourth-order valence-corrected chi connectivity index (χ4v) is 4.50. The Morgan fingerprint density at radius 2 is 1.87 bits per heavy atom. The maximum Gasteiger partial charge on any atom is 0.254 e. The van der Waals surface area contributed by atoms with Crippen molar-refractivity contribution < 1.29 is 14.7 Å². The van der Waals surface area contributed by atoms with Gasteiger partial charge in [-0.25, -0.2) is 0 Å². The van der Waals surface area contributed by atoms with Crippen LogP contribution < -0.4 is 0 Å². The van der Waals surface area contributed by atoms with E-state index in [-0.39, 0.29) is 43.0 Å². The summed E-state index contributed by atoms with van der Waals surface area (Å²) in [5.41, 5.74) is 2.62. The Kier molecular flexibility index (Phi) is 5.87.